The molecular weight excluding hydrogens is 270 g/mol. The largest absolute Gasteiger partial charge is 0.384 e. The van der Waals surface area contributed by atoms with Crippen molar-refractivity contribution < 1.29 is 9.32 Å². The van der Waals surface area contributed by atoms with Crippen LogP contribution >= 0.6 is 0 Å². The lowest BCUT2D eigenvalue weighted by atomic mass is 10.2. The van der Waals surface area contributed by atoms with Gasteiger partial charge in [-0.2, -0.15) is 4.98 Å². The molecule has 21 heavy (non-hydrogen) atoms. The Bertz CT molecular complexity index is 597. The molecule has 2 aromatic heterocycles. The minimum absolute atomic E-state index is 0.165. The molecule has 7 nitrogen and oxygen atoms in total. The van der Waals surface area contributed by atoms with Gasteiger partial charge in [0.2, 0.25) is 5.89 Å². The molecular formula is C14H19N5O2. The zero-order chi connectivity index (χ0) is 15.1. The summed E-state index contributed by atoms with van der Waals surface area (Å²) in [7, 11) is 0. The predicted octanol–water partition coefficient (Wildman–Crippen LogP) is 1.57. The molecule has 0 atom stereocenters. The molecule has 0 aliphatic carbocycles. The van der Waals surface area contributed by atoms with Crippen LogP contribution in [0.2, 0.25) is 0 Å². The number of carbonyl (C=O) groups is 1. The quantitative estimate of drug-likeness (QED) is 0.803. The number of nitrogens with zero attached hydrogens (tertiary/aromatic N) is 3. The number of hydrogen-bond donors (Lipinski definition) is 2. The minimum atomic E-state index is -0.165. The van der Waals surface area contributed by atoms with E-state index in [0.29, 0.717) is 30.2 Å². The van der Waals surface area contributed by atoms with Crippen LogP contribution in [0, 0.1) is 6.92 Å². The van der Waals surface area contributed by atoms with Crippen LogP contribution in [0.25, 0.3) is 0 Å². The summed E-state index contributed by atoms with van der Waals surface area (Å²) >= 11 is 0. The van der Waals surface area contributed by atoms with E-state index in [1.807, 2.05) is 0 Å². The fourth-order valence-corrected chi connectivity index (χ4v) is 1.82. The lowest BCUT2D eigenvalue weighted by Gasteiger charge is -2.10. The maximum absolute atomic E-state index is 12.2. The predicted molar refractivity (Wildman–Crippen MR) is 78.1 cm³/mol. The Kier molecular flexibility index (Phi) is 5.25. The van der Waals surface area contributed by atoms with Crippen molar-refractivity contribution in [2.75, 3.05) is 18.4 Å². The first-order valence-electron chi connectivity index (χ1n) is 6.96. The van der Waals surface area contributed by atoms with Crippen LogP contribution in [0.3, 0.4) is 0 Å². The molecule has 2 rings (SSSR count). The summed E-state index contributed by atoms with van der Waals surface area (Å²) in [6.07, 6.45) is 4.74. The van der Waals surface area contributed by atoms with Gasteiger partial charge in [-0.3, -0.25) is 9.78 Å². The number of rotatable bonds is 7. The maximum atomic E-state index is 12.2. The second-order valence-electron chi connectivity index (χ2n) is 4.58. The Morgan fingerprint density at radius 3 is 2.95 bits per heavy atom. The molecule has 0 unspecified atom stereocenters. The fourth-order valence-electron chi connectivity index (χ4n) is 1.82. The topological polar surface area (TPSA) is 92.9 Å². The Balaban J connectivity index is 1.90. The average molecular weight is 289 g/mol. The van der Waals surface area contributed by atoms with Gasteiger partial charge in [0.1, 0.15) is 0 Å². The Labute approximate surface area is 123 Å². The van der Waals surface area contributed by atoms with Gasteiger partial charge in [0, 0.05) is 38.8 Å². The van der Waals surface area contributed by atoms with Gasteiger partial charge in [-0.25, -0.2) is 0 Å². The van der Waals surface area contributed by atoms with E-state index in [0.717, 1.165) is 18.7 Å². The zero-order valence-corrected chi connectivity index (χ0v) is 12.2. The summed E-state index contributed by atoms with van der Waals surface area (Å²) in [4.78, 5) is 20.3. The first-order valence-corrected chi connectivity index (χ1v) is 6.96. The van der Waals surface area contributed by atoms with Gasteiger partial charge in [-0.05, 0) is 12.5 Å². The molecule has 0 aromatic carbocycles. The van der Waals surface area contributed by atoms with Crippen LogP contribution in [-0.2, 0) is 6.42 Å². The number of aromatic nitrogens is 3. The SMILES string of the molecule is CCCNc1ccncc1C(=O)NCCc1noc(C)n1. The molecule has 0 aliphatic rings. The van der Waals surface area contributed by atoms with Crippen LogP contribution in [-0.4, -0.2) is 34.1 Å². The first kappa shape index (κ1) is 15.0. The van der Waals surface area contributed by atoms with E-state index in [-0.39, 0.29) is 5.91 Å². The Morgan fingerprint density at radius 2 is 2.24 bits per heavy atom. The number of nitrogens with one attached hydrogen (secondary N) is 2. The fraction of sp³-hybridized carbons (Fsp3) is 0.429. The van der Waals surface area contributed by atoms with Crippen LogP contribution in [0.1, 0.15) is 35.4 Å². The minimum Gasteiger partial charge on any atom is -0.384 e. The van der Waals surface area contributed by atoms with E-state index in [2.05, 4.69) is 32.7 Å². The normalized spacial score (nSPS) is 10.4. The molecule has 0 saturated heterocycles. The monoisotopic (exact) mass is 289 g/mol. The Hall–Kier alpha value is -2.44. The van der Waals surface area contributed by atoms with Gasteiger partial charge in [0.15, 0.2) is 5.82 Å². The van der Waals surface area contributed by atoms with Crippen molar-refractivity contribution in [2.24, 2.45) is 0 Å². The number of anilines is 1. The van der Waals surface area contributed by atoms with Crippen LogP contribution in [0.4, 0.5) is 5.69 Å². The molecule has 2 N–H and O–H groups in total. The molecule has 0 bridgehead atoms. The van der Waals surface area contributed by atoms with Crippen molar-refractivity contribution in [1.29, 1.82) is 0 Å². The zero-order valence-electron chi connectivity index (χ0n) is 12.2. The molecule has 112 valence electrons. The van der Waals surface area contributed by atoms with Gasteiger partial charge < -0.3 is 15.2 Å². The molecule has 7 heteroatoms. The summed E-state index contributed by atoms with van der Waals surface area (Å²) in [5.74, 6) is 0.944. The van der Waals surface area contributed by atoms with Gasteiger partial charge >= 0.3 is 0 Å². The van der Waals surface area contributed by atoms with Crippen LogP contribution in [0.15, 0.2) is 23.0 Å². The molecule has 0 radical (unpaired) electrons. The second-order valence-corrected chi connectivity index (χ2v) is 4.58. The third-order valence-electron chi connectivity index (χ3n) is 2.83. The first-order chi connectivity index (χ1) is 10.2. The average Bonchev–Trinajstić information content (AvgIpc) is 2.91. The van der Waals surface area contributed by atoms with Gasteiger partial charge in [0.05, 0.1) is 11.3 Å². The maximum Gasteiger partial charge on any atom is 0.254 e. The van der Waals surface area contributed by atoms with E-state index in [9.17, 15) is 4.79 Å². The highest BCUT2D eigenvalue weighted by molar-refractivity contribution is 5.99. The highest BCUT2D eigenvalue weighted by atomic mass is 16.5. The molecule has 0 saturated carbocycles. The summed E-state index contributed by atoms with van der Waals surface area (Å²) in [5, 5.41) is 9.83. The standard InChI is InChI=1S/C14H19N5O2/c1-3-6-16-12-4-7-15-9-11(12)14(20)17-8-5-13-18-10(2)21-19-13/h4,7,9H,3,5-6,8H2,1-2H3,(H,15,16)(H,17,20). The number of pyridine rings is 1. The number of carbonyl (C=O) groups excluding carboxylic acids is 1. The van der Waals surface area contributed by atoms with Crippen LogP contribution < -0.4 is 10.6 Å². The highest BCUT2D eigenvalue weighted by Gasteiger charge is 2.11. The number of aryl methyl sites for hydroxylation is 1. The van der Waals surface area contributed by atoms with E-state index in [1.54, 1.807) is 25.4 Å². The van der Waals surface area contributed by atoms with E-state index in [1.165, 1.54) is 0 Å². The summed E-state index contributed by atoms with van der Waals surface area (Å²) < 4.78 is 4.88. The molecule has 2 heterocycles. The lowest BCUT2D eigenvalue weighted by Crippen LogP contribution is -2.27. The Morgan fingerprint density at radius 1 is 1.38 bits per heavy atom. The van der Waals surface area contributed by atoms with Crippen LogP contribution in [0.5, 0.6) is 0 Å². The number of hydrogen-bond acceptors (Lipinski definition) is 6. The molecule has 2 aromatic rings. The number of amides is 1. The third kappa shape index (κ3) is 4.27. The van der Waals surface area contributed by atoms with Crippen molar-refractivity contribution >= 4 is 11.6 Å². The third-order valence-corrected chi connectivity index (χ3v) is 2.83. The van der Waals surface area contributed by atoms with E-state index >= 15 is 0 Å². The summed E-state index contributed by atoms with van der Waals surface area (Å²) in [5.41, 5.74) is 1.33. The van der Waals surface area contributed by atoms with Crippen molar-refractivity contribution in [3.63, 3.8) is 0 Å². The summed E-state index contributed by atoms with van der Waals surface area (Å²) in [6.45, 7) is 5.06. The smallest absolute Gasteiger partial charge is 0.254 e. The van der Waals surface area contributed by atoms with Gasteiger partial charge in [0.25, 0.3) is 5.91 Å². The van der Waals surface area contributed by atoms with Gasteiger partial charge in [-0.1, -0.05) is 12.1 Å². The molecule has 0 aliphatic heterocycles. The summed E-state index contributed by atoms with van der Waals surface area (Å²) in [6, 6.07) is 1.80. The van der Waals surface area contributed by atoms with Crippen molar-refractivity contribution in [2.45, 2.75) is 26.7 Å². The van der Waals surface area contributed by atoms with Gasteiger partial charge in [-0.15, -0.1) is 0 Å². The molecule has 0 spiro atoms. The van der Waals surface area contributed by atoms with Crippen molar-refractivity contribution in [1.82, 2.24) is 20.4 Å². The van der Waals surface area contributed by atoms with E-state index < -0.39 is 0 Å². The van der Waals surface area contributed by atoms with Crippen molar-refractivity contribution in [3.8, 4) is 0 Å². The molecule has 0 fully saturated rings. The van der Waals surface area contributed by atoms with Crippen molar-refractivity contribution in [3.05, 3.63) is 35.7 Å². The van der Waals surface area contributed by atoms with E-state index in [4.69, 9.17) is 4.52 Å². The molecule has 1 amide bonds. The second kappa shape index (κ2) is 7.37. The lowest BCUT2D eigenvalue weighted by molar-refractivity contribution is 0.0954. The highest BCUT2D eigenvalue weighted by Crippen LogP contribution is 2.13.